The van der Waals surface area contributed by atoms with Gasteiger partial charge in [-0.1, -0.05) is 20.3 Å². The van der Waals surface area contributed by atoms with Crippen molar-refractivity contribution in [1.29, 1.82) is 0 Å². The van der Waals surface area contributed by atoms with Gasteiger partial charge in [0.15, 0.2) is 5.65 Å². The smallest absolute Gasteiger partial charge is 0.304 e. The van der Waals surface area contributed by atoms with Crippen LogP contribution in [0.1, 0.15) is 81.9 Å². The predicted octanol–water partition coefficient (Wildman–Crippen LogP) is 4.45. The summed E-state index contributed by atoms with van der Waals surface area (Å²) in [5.74, 6) is -0.370. The number of aromatic nitrogens is 3. The van der Waals surface area contributed by atoms with Gasteiger partial charge in [-0.2, -0.15) is 17.8 Å². The third-order valence-corrected chi connectivity index (χ3v) is 11.2. The van der Waals surface area contributed by atoms with Crippen molar-refractivity contribution in [2.24, 2.45) is 5.92 Å². The van der Waals surface area contributed by atoms with Crippen LogP contribution in [-0.4, -0.2) is 83.1 Å². The first-order chi connectivity index (χ1) is 20.6. The summed E-state index contributed by atoms with van der Waals surface area (Å²) in [4.78, 5) is 23.3. The van der Waals surface area contributed by atoms with Gasteiger partial charge < -0.3 is 4.90 Å². The monoisotopic (exact) mass is 611 g/mol. The molecule has 1 amide bonds. The minimum atomic E-state index is -4.05. The number of anilines is 1. The number of rotatable bonds is 9. The van der Waals surface area contributed by atoms with E-state index in [2.05, 4.69) is 28.4 Å². The minimum absolute atomic E-state index is 0.0130. The lowest BCUT2D eigenvalue weighted by molar-refractivity contribution is 0.0974. The topological polar surface area (TPSA) is 104 Å². The Balaban J connectivity index is 1.48. The molecule has 2 aliphatic heterocycles. The molecule has 12 heteroatoms. The van der Waals surface area contributed by atoms with Gasteiger partial charge in [0.2, 0.25) is 0 Å². The molecule has 0 bridgehead atoms. The fraction of sp³-hybridized carbons (Fsp3) is 0.581. The van der Waals surface area contributed by atoms with Crippen molar-refractivity contribution in [3.8, 4) is 5.69 Å². The molecule has 6 rings (SSSR count). The van der Waals surface area contributed by atoms with Gasteiger partial charge in [0.25, 0.3) is 5.91 Å². The van der Waals surface area contributed by atoms with Crippen molar-refractivity contribution in [3.63, 3.8) is 0 Å². The zero-order valence-corrected chi connectivity index (χ0v) is 26.3. The van der Waals surface area contributed by atoms with Gasteiger partial charge in [-0.05, 0) is 82.3 Å². The molecule has 43 heavy (non-hydrogen) atoms. The molecule has 2 atom stereocenters. The highest BCUT2D eigenvalue weighted by Gasteiger charge is 2.40. The molecule has 1 N–H and O–H groups in total. The molecule has 1 saturated carbocycles. The number of pyridine rings is 1. The van der Waals surface area contributed by atoms with E-state index < -0.39 is 16.1 Å². The number of hydrogen-bond donors (Lipinski definition) is 1. The molecule has 0 spiro atoms. The first-order valence-corrected chi connectivity index (χ1v) is 17.1. The average Bonchev–Trinajstić information content (AvgIpc) is 3.54. The average molecular weight is 612 g/mol. The summed E-state index contributed by atoms with van der Waals surface area (Å²) in [7, 11) is -4.05. The highest BCUT2D eigenvalue weighted by atomic mass is 32.2. The van der Waals surface area contributed by atoms with Gasteiger partial charge in [0.05, 0.1) is 22.5 Å². The Morgan fingerprint density at radius 1 is 1.09 bits per heavy atom. The Morgan fingerprint density at radius 3 is 2.44 bits per heavy atom. The van der Waals surface area contributed by atoms with Crippen LogP contribution in [0.15, 0.2) is 30.3 Å². The summed E-state index contributed by atoms with van der Waals surface area (Å²) in [5.41, 5.74) is 2.93. The summed E-state index contributed by atoms with van der Waals surface area (Å²) in [6, 6.07) is 8.84. The fourth-order valence-electron chi connectivity index (χ4n) is 7.10. The molecule has 0 radical (unpaired) electrons. The summed E-state index contributed by atoms with van der Waals surface area (Å²) in [6.07, 6.45) is 5.30. The minimum Gasteiger partial charge on any atom is -0.370 e. The Morgan fingerprint density at radius 2 is 1.81 bits per heavy atom. The number of nitrogens with one attached hydrogen (secondary N) is 1. The second-order valence-corrected chi connectivity index (χ2v) is 14.0. The molecule has 2 unspecified atom stereocenters. The maximum Gasteiger partial charge on any atom is 0.304 e. The molecule has 3 aromatic rings. The molecule has 10 nitrogen and oxygen atoms in total. The number of amides is 1. The summed E-state index contributed by atoms with van der Waals surface area (Å²) < 4.78 is 45.0. The lowest BCUT2D eigenvalue weighted by Gasteiger charge is -2.40. The van der Waals surface area contributed by atoms with Crippen LogP contribution in [0.2, 0.25) is 0 Å². The van der Waals surface area contributed by atoms with Gasteiger partial charge in [-0.3, -0.25) is 9.69 Å². The van der Waals surface area contributed by atoms with E-state index in [0.29, 0.717) is 29.3 Å². The van der Waals surface area contributed by atoms with Gasteiger partial charge in [0.1, 0.15) is 11.5 Å². The molecular weight excluding hydrogens is 569 g/mol. The van der Waals surface area contributed by atoms with Crippen molar-refractivity contribution in [2.45, 2.75) is 77.8 Å². The van der Waals surface area contributed by atoms with Crippen LogP contribution in [0.5, 0.6) is 0 Å². The maximum absolute atomic E-state index is 13.9. The van der Waals surface area contributed by atoms with Crippen LogP contribution in [0.25, 0.3) is 16.7 Å². The van der Waals surface area contributed by atoms with Crippen LogP contribution in [-0.2, 0) is 10.2 Å². The van der Waals surface area contributed by atoms with E-state index >= 15 is 0 Å². The van der Waals surface area contributed by atoms with E-state index in [9.17, 15) is 17.6 Å². The van der Waals surface area contributed by atoms with Gasteiger partial charge in [-0.25, -0.2) is 18.8 Å². The Kier molecular flexibility index (Phi) is 8.20. The van der Waals surface area contributed by atoms with E-state index in [4.69, 9.17) is 10.1 Å². The third kappa shape index (κ3) is 5.53. The summed E-state index contributed by atoms with van der Waals surface area (Å²) in [5, 5.41) is 5.93. The lowest BCUT2D eigenvalue weighted by Crippen LogP contribution is -2.48. The zero-order valence-electron chi connectivity index (χ0n) is 25.5. The number of carbonyl (C=O) groups excluding carboxylic acids is 1. The first-order valence-electron chi connectivity index (χ1n) is 15.6. The SMILES string of the molecule is CCN(CC)S(=O)(=O)NC(=O)c1cc(N2CCC3C(CCN3C(C)C)C2)c2c(C3CCC3)nn(-c3ccc(F)cc3)c2n1. The zero-order chi connectivity index (χ0) is 30.5. The number of carbonyl (C=O) groups is 1. The van der Waals surface area contributed by atoms with E-state index in [1.807, 2.05) is 0 Å². The normalized spacial score (nSPS) is 21.5. The van der Waals surface area contributed by atoms with Crippen molar-refractivity contribution in [3.05, 3.63) is 47.5 Å². The van der Waals surface area contributed by atoms with Crippen molar-refractivity contribution in [1.82, 2.24) is 28.7 Å². The highest BCUT2D eigenvalue weighted by molar-refractivity contribution is 7.87. The lowest BCUT2D eigenvalue weighted by atomic mass is 9.81. The van der Waals surface area contributed by atoms with Crippen LogP contribution >= 0.6 is 0 Å². The molecule has 1 aliphatic carbocycles. The van der Waals surface area contributed by atoms with Crippen molar-refractivity contribution >= 4 is 32.8 Å². The van der Waals surface area contributed by atoms with Gasteiger partial charge in [-0.15, -0.1) is 0 Å². The van der Waals surface area contributed by atoms with Crippen molar-refractivity contribution < 1.29 is 17.6 Å². The first kappa shape index (κ1) is 30.0. The Labute approximate surface area is 253 Å². The van der Waals surface area contributed by atoms with Crippen LogP contribution in [0.3, 0.4) is 0 Å². The summed E-state index contributed by atoms with van der Waals surface area (Å²) >= 11 is 0. The highest BCUT2D eigenvalue weighted by Crippen LogP contribution is 2.44. The number of nitrogens with zero attached hydrogens (tertiary/aromatic N) is 6. The number of fused-ring (bicyclic) bond motifs is 2. The Bertz CT molecular complexity index is 1600. The molecule has 232 valence electrons. The number of halogens is 1. The molecular formula is C31H42FN7O3S. The number of benzene rings is 1. The molecule has 4 heterocycles. The maximum atomic E-state index is 13.9. The molecule has 2 saturated heterocycles. The molecule has 3 fully saturated rings. The second kappa shape index (κ2) is 11.8. The van der Waals surface area contributed by atoms with E-state index in [-0.39, 0.29) is 30.5 Å². The van der Waals surface area contributed by atoms with Crippen LogP contribution in [0, 0.1) is 11.7 Å². The van der Waals surface area contributed by atoms with E-state index in [1.165, 1.54) is 16.4 Å². The standard InChI is InChI=1S/C31H42FN7O3S/c1-5-37(6-2)43(41,42)35-31(40)25-18-27(36-16-15-26-22(19-36)14-17-38(26)20(3)4)28-29(21-8-7-9-21)34-39(30(28)33-25)24-12-10-23(32)11-13-24/h10-13,18,20-22,26H,5-9,14-17,19H2,1-4H3,(H,35,40). The second-order valence-electron chi connectivity index (χ2n) is 12.3. The third-order valence-electron chi connectivity index (χ3n) is 9.59. The van der Waals surface area contributed by atoms with Crippen molar-refractivity contribution in [2.75, 3.05) is 37.6 Å². The number of likely N-dealkylation sites (tertiary alicyclic amines) is 1. The number of piperidine rings is 1. The predicted molar refractivity (Wildman–Crippen MR) is 165 cm³/mol. The summed E-state index contributed by atoms with van der Waals surface area (Å²) in [6.45, 7) is 11.2. The number of hydrogen-bond acceptors (Lipinski definition) is 7. The largest absolute Gasteiger partial charge is 0.370 e. The fourth-order valence-corrected chi connectivity index (χ4v) is 8.24. The van der Waals surface area contributed by atoms with Crippen LogP contribution in [0.4, 0.5) is 10.1 Å². The van der Waals surface area contributed by atoms with Gasteiger partial charge >= 0.3 is 10.2 Å². The van der Waals surface area contributed by atoms with Gasteiger partial charge in [0, 0.05) is 44.2 Å². The molecule has 1 aromatic carbocycles. The Hall–Kier alpha value is -3.09. The van der Waals surface area contributed by atoms with E-state index in [1.54, 1.807) is 36.7 Å². The van der Waals surface area contributed by atoms with E-state index in [0.717, 1.165) is 68.5 Å². The molecule has 2 aromatic heterocycles. The molecule has 3 aliphatic rings. The quantitative estimate of drug-likeness (QED) is 0.381. The van der Waals surface area contributed by atoms with Crippen LogP contribution < -0.4 is 9.62 Å².